The van der Waals surface area contributed by atoms with E-state index in [4.69, 9.17) is 5.26 Å². The molecule has 0 saturated carbocycles. The van der Waals surface area contributed by atoms with Crippen LogP contribution in [0.1, 0.15) is 5.56 Å². The van der Waals surface area contributed by atoms with Crippen LogP contribution in [0.25, 0.3) is 11.3 Å². The third-order valence-corrected chi connectivity index (χ3v) is 2.25. The second-order valence-electron chi connectivity index (χ2n) is 3.41. The zero-order chi connectivity index (χ0) is 11.4. The van der Waals surface area contributed by atoms with Crippen molar-refractivity contribution in [3.05, 3.63) is 48.2 Å². The summed E-state index contributed by atoms with van der Waals surface area (Å²) in [5.41, 5.74) is 2.13. The molecule has 0 aliphatic carbocycles. The van der Waals surface area contributed by atoms with Gasteiger partial charge in [-0.15, -0.1) is 0 Å². The lowest BCUT2D eigenvalue weighted by Gasteiger charge is -2.04. The van der Waals surface area contributed by atoms with Crippen molar-refractivity contribution in [3.8, 4) is 23.1 Å². The minimum atomic E-state index is 0.110. The highest BCUT2D eigenvalue weighted by Gasteiger charge is 2.06. The number of rotatable bonds is 2. The van der Waals surface area contributed by atoms with Crippen LogP contribution in [-0.4, -0.2) is 10.1 Å². The van der Waals surface area contributed by atoms with Gasteiger partial charge in [0.25, 0.3) is 0 Å². The van der Waals surface area contributed by atoms with Crippen molar-refractivity contribution in [1.82, 2.24) is 4.98 Å². The first-order valence-electron chi connectivity index (χ1n) is 4.91. The average molecular weight is 210 g/mol. The van der Waals surface area contributed by atoms with Gasteiger partial charge in [-0.05, 0) is 11.6 Å². The van der Waals surface area contributed by atoms with Crippen LogP contribution in [0.4, 0.5) is 0 Å². The van der Waals surface area contributed by atoms with Crippen LogP contribution < -0.4 is 0 Å². The molecule has 1 aromatic heterocycles. The van der Waals surface area contributed by atoms with E-state index in [1.807, 2.05) is 36.4 Å². The Morgan fingerprint density at radius 3 is 2.62 bits per heavy atom. The monoisotopic (exact) mass is 210 g/mol. The van der Waals surface area contributed by atoms with Crippen LogP contribution in [0.5, 0.6) is 5.75 Å². The highest BCUT2D eigenvalue weighted by molar-refractivity contribution is 5.65. The molecule has 3 heteroatoms. The molecule has 3 nitrogen and oxygen atoms in total. The summed E-state index contributed by atoms with van der Waals surface area (Å²) in [6.07, 6.45) is 1.88. The molecule has 0 fully saturated rings. The summed E-state index contributed by atoms with van der Waals surface area (Å²) in [5, 5.41) is 18.3. The second-order valence-corrected chi connectivity index (χ2v) is 3.41. The van der Waals surface area contributed by atoms with Crippen molar-refractivity contribution in [1.29, 1.82) is 5.26 Å². The molecule has 2 aromatic rings. The molecule has 0 saturated heterocycles. The standard InChI is InChI=1S/C13H10N2O/c14-7-6-10-8-12(16)13(15-9-10)11-4-2-1-3-5-11/h1-5,8-9,16H,6H2. The predicted octanol–water partition coefficient (Wildman–Crippen LogP) is 2.52. The first-order valence-corrected chi connectivity index (χ1v) is 4.91. The van der Waals surface area contributed by atoms with E-state index in [1.165, 1.54) is 0 Å². The third kappa shape index (κ3) is 2.01. The Hall–Kier alpha value is -2.34. The van der Waals surface area contributed by atoms with Crippen molar-refractivity contribution in [2.45, 2.75) is 6.42 Å². The summed E-state index contributed by atoms with van der Waals surface area (Å²) in [4.78, 5) is 4.17. The lowest BCUT2D eigenvalue weighted by atomic mass is 10.1. The minimum absolute atomic E-state index is 0.110. The SMILES string of the molecule is N#CCc1cnc(-c2ccccc2)c(O)c1. The fourth-order valence-corrected chi connectivity index (χ4v) is 1.50. The number of hydrogen-bond donors (Lipinski definition) is 1. The molecule has 0 spiro atoms. The smallest absolute Gasteiger partial charge is 0.142 e. The average Bonchev–Trinajstić information content (AvgIpc) is 2.31. The largest absolute Gasteiger partial charge is 0.506 e. The van der Waals surface area contributed by atoms with Gasteiger partial charge < -0.3 is 5.11 Å². The molecule has 0 amide bonds. The topological polar surface area (TPSA) is 56.9 Å². The van der Waals surface area contributed by atoms with Crippen molar-refractivity contribution in [2.24, 2.45) is 0 Å². The molecule has 78 valence electrons. The Balaban J connectivity index is 2.41. The lowest BCUT2D eigenvalue weighted by Crippen LogP contribution is -1.88. The van der Waals surface area contributed by atoms with Gasteiger partial charge in [0, 0.05) is 11.8 Å². The molecule has 1 N–H and O–H groups in total. The van der Waals surface area contributed by atoms with Gasteiger partial charge in [-0.3, -0.25) is 4.98 Å². The number of aromatic hydroxyl groups is 1. The van der Waals surface area contributed by atoms with Crippen LogP contribution in [0, 0.1) is 11.3 Å². The molecule has 1 aromatic carbocycles. The fraction of sp³-hybridized carbons (Fsp3) is 0.0769. The van der Waals surface area contributed by atoms with Gasteiger partial charge in [-0.2, -0.15) is 5.26 Å². The van der Waals surface area contributed by atoms with E-state index in [2.05, 4.69) is 4.98 Å². The van der Waals surface area contributed by atoms with Gasteiger partial charge in [-0.25, -0.2) is 0 Å². The Bertz CT molecular complexity index is 529. The van der Waals surface area contributed by atoms with E-state index in [0.717, 1.165) is 11.1 Å². The maximum atomic E-state index is 9.80. The maximum absolute atomic E-state index is 9.80. The number of nitrogens with zero attached hydrogens (tertiary/aromatic N) is 2. The predicted molar refractivity (Wildman–Crippen MR) is 60.7 cm³/mol. The summed E-state index contributed by atoms with van der Waals surface area (Å²) in [6, 6.07) is 13.0. The van der Waals surface area contributed by atoms with Gasteiger partial charge >= 0.3 is 0 Å². The lowest BCUT2D eigenvalue weighted by molar-refractivity contribution is 0.474. The molecular weight excluding hydrogens is 200 g/mol. The molecule has 0 atom stereocenters. The Morgan fingerprint density at radius 1 is 1.25 bits per heavy atom. The van der Waals surface area contributed by atoms with E-state index in [0.29, 0.717) is 5.69 Å². The molecule has 16 heavy (non-hydrogen) atoms. The van der Waals surface area contributed by atoms with Crippen LogP contribution in [0.15, 0.2) is 42.6 Å². The van der Waals surface area contributed by atoms with E-state index in [-0.39, 0.29) is 12.2 Å². The van der Waals surface area contributed by atoms with Gasteiger partial charge in [-0.1, -0.05) is 30.3 Å². The number of pyridine rings is 1. The van der Waals surface area contributed by atoms with Crippen LogP contribution in [0.3, 0.4) is 0 Å². The third-order valence-electron chi connectivity index (χ3n) is 2.25. The maximum Gasteiger partial charge on any atom is 0.142 e. The summed E-state index contributed by atoms with van der Waals surface area (Å²) in [7, 11) is 0. The Kier molecular flexibility index (Phi) is 2.84. The van der Waals surface area contributed by atoms with Gasteiger partial charge in [0.15, 0.2) is 0 Å². The van der Waals surface area contributed by atoms with Crippen molar-refractivity contribution in [2.75, 3.05) is 0 Å². The molecule has 0 bridgehead atoms. The van der Waals surface area contributed by atoms with Gasteiger partial charge in [0.1, 0.15) is 11.4 Å². The van der Waals surface area contributed by atoms with E-state index >= 15 is 0 Å². The normalized spacial score (nSPS) is 9.69. The first-order chi connectivity index (χ1) is 7.81. The summed E-state index contributed by atoms with van der Waals surface area (Å²) in [6.45, 7) is 0. The quantitative estimate of drug-likeness (QED) is 0.828. The second kappa shape index (κ2) is 4.45. The van der Waals surface area contributed by atoms with Crippen molar-refractivity contribution >= 4 is 0 Å². The zero-order valence-corrected chi connectivity index (χ0v) is 8.59. The summed E-state index contributed by atoms with van der Waals surface area (Å²) >= 11 is 0. The Morgan fingerprint density at radius 2 is 2.00 bits per heavy atom. The van der Waals surface area contributed by atoms with E-state index in [9.17, 15) is 5.11 Å². The molecule has 0 unspecified atom stereocenters. The zero-order valence-electron chi connectivity index (χ0n) is 8.59. The van der Waals surface area contributed by atoms with E-state index in [1.54, 1.807) is 12.3 Å². The highest BCUT2D eigenvalue weighted by atomic mass is 16.3. The molecular formula is C13H10N2O. The highest BCUT2D eigenvalue weighted by Crippen LogP contribution is 2.27. The summed E-state index contributed by atoms with van der Waals surface area (Å²) in [5.74, 6) is 0.110. The molecule has 0 aliphatic rings. The van der Waals surface area contributed by atoms with Gasteiger partial charge in [0.2, 0.25) is 0 Å². The minimum Gasteiger partial charge on any atom is -0.506 e. The van der Waals surface area contributed by atoms with Crippen LogP contribution in [0.2, 0.25) is 0 Å². The number of aromatic nitrogens is 1. The molecule has 1 heterocycles. The van der Waals surface area contributed by atoms with Crippen LogP contribution in [-0.2, 0) is 6.42 Å². The fourth-order valence-electron chi connectivity index (χ4n) is 1.50. The molecule has 2 rings (SSSR count). The Labute approximate surface area is 93.6 Å². The number of nitriles is 1. The van der Waals surface area contributed by atoms with E-state index < -0.39 is 0 Å². The molecule has 0 radical (unpaired) electrons. The first kappa shape index (κ1) is 10.2. The number of hydrogen-bond acceptors (Lipinski definition) is 3. The van der Waals surface area contributed by atoms with Crippen molar-refractivity contribution < 1.29 is 5.11 Å². The van der Waals surface area contributed by atoms with Gasteiger partial charge in [0.05, 0.1) is 12.5 Å². The summed E-state index contributed by atoms with van der Waals surface area (Å²) < 4.78 is 0. The number of benzene rings is 1. The van der Waals surface area contributed by atoms with Crippen molar-refractivity contribution in [3.63, 3.8) is 0 Å². The van der Waals surface area contributed by atoms with Crippen LogP contribution >= 0.6 is 0 Å². The molecule has 0 aliphatic heterocycles.